The molecule has 0 fully saturated rings. The molecule has 0 aliphatic carbocycles. The third kappa shape index (κ3) is 5.12. The van der Waals surface area contributed by atoms with Gasteiger partial charge in [0, 0.05) is 10.6 Å². The van der Waals surface area contributed by atoms with E-state index >= 15 is 0 Å². The van der Waals surface area contributed by atoms with Gasteiger partial charge in [-0.3, -0.25) is 4.79 Å². The molecule has 0 atom stereocenters. The predicted molar refractivity (Wildman–Crippen MR) is 95.2 cm³/mol. The van der Waals surface area contributed by atoms with Crippen molar-refractivity contribution in [2.45, 2.75) is 0 Å². The van der Waals surface area contributed by atoms with Crippen LogP contribution in [0.3, 0.4) is 0 Å². The Kier molecular flexibility index (Phi) is 6.48. The minimum absolute atomic E-state index is 0.195. The molecule has 0 bridgehead atoms. The summed E-state index contributed by atoms with van der Waals surface area (Å²) in [4.78, 5) is 11.1. The Bertz CT molecular complexity index is 756. The lowest BCUT2D eigenvalue weighted by Crippen LogP contribution is -2.42. The average molecular weight is 365 g/mol. The van der Waals surface area contributed by atoms with Gasteiger partial charge in [-0.2, -0.15) is 0 Å². The second-order valence-corrected chi connectivity index (χ2v) is 5.54. The van der Waals surface area contributed by atoms with Crippen molar-refractivity contribution >= 4 is 53.4 Å². The fourth-order valence-corrected chi connectivity index (χ4v) is 2.12. The van der Waals surface area contributed by atoms with Crippen LogP contribution in [0.4, 0.5) is 0 Å². The second kappa shape index (κ2) is 8.37. The Labute approximate surface area is 149 Å². The van der Waals surface area contributed by atoms with E-state index in [4.69, 9.17) is 32.4 Å². The summed E-state index contributed by atoms with van der Waals surface area (Å²) in [5, 5.41) is 19.4. The van der Waals surface area contributed by atoms with Gasteiger partial charge in [0.25, 0.3) is 5.24 Å². The Morgan fingerprint density at radius 2 is 1.71 bits per heavy atom. The van der Waals surface area contributed by atoms with Crippen LogP contribution in [0.5, 0.6) is 5.75 Å². The summed E-state index contributed by atoms with van der Waals surface area (Å²) in [6, 6.07) is 12.4. The van der Waals surface area contributed by atoms with Crippen LogP contribution in [0.25, 0.3) is 5.03 Å². The van der Waals surface area contributed by atoms with Crippen LogP contribution in [0.15, 0.2) is 55.1 Å². The Balaban J connectivity index is 2.02. The van der Waals surface area contributed by atoms with Crippen molar-refractivity contribution in [3.63, 3.8) is 0 Å². The molecular formula is C15H12B2Cl2O5. The number of carbonyl (C=O) groups excluding carboxylic acids is 1. The van der Waals surface area contributed by atoms with Crippen molar-refractivity contribution in [1.29, 1.82) is 0 Å². The zero-order valence-corrected chi connectivity index (χ0v) is 13.9. The summed E-state index contributed by atoms with van der Waals surface area (Å²) < 4.78 is 10.1. The highest BCUT2D eigenvalue weighted by atomic mass is 35.5. The first-order valence-electron chi connectivity index (χ1n) is 6.79. The smallest absolute Gasteiger partial charge is 0.513 e. The van der Waals surface area contributed by atoms with E-state index in [2.05, 4.69) is 6.58 Å². The highest BCUT2D eigenvalue weighted by molar-refractivity contribution is 6.69. The zero-order valence-electron chi connectivity index (χ0n) is 12.4. The molecule has 0 aromatic heterocycles. The van der Waals surface area contributed by atoms with Crippen molar-refractivity contribution in [2.24, 2.45) is 0 Å². The first kappa shape index (κ1) is 18.6. The van der Waals surface area contributed by atoms with Gasteiger partial charge in [0.1, 0.15) is 5.75 Å². The minimum Gasteiger partial charge on any atom is -0.513 e. The lowest BCUT2D eigenvalue weighted by Gasteiger charge is -2.13. The molecule has 2 aromatic rings. The standard InChI is InChI=1S/C15H12B2Cl2O5/c1-10(18)11-4-3-7-14(9-11)23-17(22)24-16(21)13-6-2-5-12(8-13)15(19)20/h2-9,21-22H,1H2. The first-order chi connectivity index (χ1) is 11.4. The number of rotatable bonds is 7. The van der Waals surface area contributed by atoms with Crippen molar-refractivity contribution in [3.05, 3.63) is 66.2 Å². The van der Waals surface area contributed by atoms with Crippen molar-refractivity contribution in [3.8, 4) is 5.75 Å². The summed E-state index contributed by atoms with van der Waals surface area (Å²) in [5.41, 5.74) is 1.06. The largest absolute Gasteiger partial charge is 0.696 e. The van der Waals surface area contributed by atoms with Gasteiger partial charge in [-0.25, -0.2) is 0 Å². The van der Waals surface area contributed by atoms with E-state index in [9.17, 15) is 14.8 Å². The Hall–Kier alpha value is -1.76. The number of hydrogen-bond donors (Lipinski definition) is 2. The van der Waals surface area contributed by atoms with Crippen LogP contribution in [0.2, 0.25) is 0 Å². The van der Waals surface area contributed by atoms with Crippen molar-refractivity contribution in [2.75, 3.05) is 0 Å². The van der Waals surface area contributed by atoms with Gasteiger partial charge in [-0.05, 0) is 34.8 Å². The molecule has 0 aliphatic rings. The van der Waals surface area contributed by atoms with E-state index in [1.807, 2.05) is 0 Å². The van der Waals surface area contributed by atoms with Crippen LogP contribution in [-0.2, 0) is 4.57 Å². The maximum absolute atomic E-state index is 11.1. The third-order valence-corrected chi connectivity index (χ3v) is 3.46. The van der Waals surface area contributed by atoms with E-state index < -0.39 is 19.7 Å². The molecule has 9 heteroatoms. The second-order valence-electron chi connectivity index (χ2n) is 4.75. The van der Waals surface area contributed by atoms with Gasteiger partial charge < -0.3 is 19.3 Å². The lowest BCUT2D eigenvalue weighted by molar-refractivity contribution is 0.108. The van der Waals surface area contributed by atoms with Crippen molar-refractivity contribution in [1.82, 2.24) is 0 Å². The summed E-state index contributed by atoms with van der Waals surface area (Å²) in [6.07, 6.45) is 0. The number of carbonyl (C=O) groups is 1. The zero-order chi connectivity index (χ0) is 17.7. The number of hydrogen-bond acceptors (Lipinski definition) is 5. The minimum atomic E-state index is -1.74. The topological polar surface area (TPSA) is 76.0 Å². The summed E-state index contributed by atoms with van der Waals surface area (Å²) in [6.45, 7) is 3.59. The number of benzene rings is 2. The average Bonchev–Trinajstić information content (AvgIpc) is 2.55. The highest BCUT2D eigenvalue weighted by Crippen LogP contribution is 2.21. The molecule has 5 nitrogen and oxygen atoms in total. The van der Waals surface area contributed by atoms with Crippen LogP contribution >= 0.6 is 23.2 Å². The van der Waals surface area contributed by atoms with Gasteiger partial charge in [0.15, 0.2) is 0 Å². The highest BCUT2D eigenvalue weighted by Gasteiger charge is 2.28. The molecule has 2 aromatic carbocycles. The summed E-state index contributed by atoms with van der Waals surface area (Å²) in [7, 11) is -3.25. The lowest BCUT2D eigenvalue weighted by atomic mass is 9.77. The summed E-state index contributed by atoms with van der Waals surface area (Å²) >= 11 is 11.2. The van der Waals surface area contributed by atoms with E-state index in [0.29, 0.717) is 10.6 Å². The molecule has 0 amide bonds. The third-order valence-electron chi connectivity index (χ3n) is 3.03. The van der Waals surface area contributed by atoms with Crippen LogP contribution in [0, 0.1) is 0 Å². The van der Waals surface area contributed by atoms with E-state index in [1.54, 1.807) is 24.3 Å². The molecular weight excluding hydrogens is 353 g/mol. The van der Waals surface area contributed by atoms with Gasteiger partial charge >= 0.3 is 14.4 Å². The molecule has 0 unspecified atom stereocenters. The maximum atomic E-state index is 11.1. The maximum Gasteiger partial charge on any atom is 0.696 e. The summed E-state index contributed by atoms with van der Waals surface area (Å²) in [5.74, 6) is 0.277. The van der Waals surface area contributed by atoms with Crippen molar-refractivity contribution < 1.29 is 24.1 Å². The van der Waals surface area contributed by atoms with Crippen LogP contribution < -0.4 is 10.1 Å². The fraction of sp³-hybridized carbons (Fsp3) is 0. The monoisotopic (exact) mass is 364 g/mol. The van der Waals surface area contributed by atoms with Crippen LogP contribution in [0.1, 0.15) is 15.9 Å². The molecule has 0 saturated heterocycles. The van der Waals surface area contributed by atoms with Gasteiger partial charge in [0.2, 0.25) is 0 Å². The normalized spacial score (nSPS) is 10.2. The molecule has 24 heavy (non-hydrogen) atoms. The molecule has 0 radical (unpaired) electrons. The van der Waals surface area contributed by atoms with Gasteiger partial charge in [-0.15, -0.1) is 0 Å². The van der Waals surface area contributed by atoms with Gasteiger partial charge in [0.05, 0.1) is 0 Å². The fourth-order valence-electron chi connectivity index (χ4n) is 1.89. The number of halogens is 2. The molecule has 2 N–H and O–H groups in total. The molecule has 122 valence electrons. The predicted octanol–water partition coefficient (Wildman–Crippen LogP) is 2.04. The SMILES string of the molecule is C=C(Cl)c1cccc(OB(O)OB(O)c2cccc(C(=O)Cl)c2)c1. The van der Waals surface area contributed by atoms with Gasteiger partial charge in [-0.1, -0.05) is 54.6 Å². The van der Waals surface area contributed by atoms with E-state index in [1.165, 1.54) is 24.3 Å². The molecule has 0 heterocycles. The quantitative estimate of drug-likeness (QED) is 0.581. The van der Waals surface area contributed by atoms with E-state index in [0.717, 1.165) is 0 Å². The Morgan fingerprint density at radius 1 is 1.04 bits per heavy atom. The molecule has 0 spiro atoms. The Morgan fingerprint density at radius 3 is 2.38 bits per heavy atom. The van der Waals surface area contributed by atoms with Crippen LogP contribution in [-0.4, -0.2) is 29.7 Å². The first-order valence-corrected chi connectivity index (χ1v) is 7.55. The van der Waals surface area contributed by atoms with E-state index in [-0.39, 0.29) is 16.8 Å². The molecule has 0 aliphatic heterocycles. The molecule has 2 rings (SSSR count). The molecule has 0 saturated carbocycles.